The van der Waals surface area contributed by atoms with E-state index in [-0.39, 0.29) is 59.1 Å². The van der Waals surface area contributed by atoms with Crippen molar-refractivity contribution in [1.29, 1.82) is 0 Å². The minimum absolute atomic E-state index is 0. The number of fused-ring (bicyclic) bond motifs is 1. The zero-order valence-corrected chi connectivity index (χ0v) is 11.3. The fraction of sp³-hybridized carbons (Fsp3) is 1.00. The molecule has 2 fully saturated rings. The van der Waals surface area contributed by atoms with Crippen molar-refractivity contribution in [3.05, 3.63) is 0 Å². The first-order valence-electron chi connectivity index (χ1n) is 3.71. The maximum Gasteiger partial charge on any atom is 0.00962 e. The van der Waals surface area contributed by atoms with Gasteiger partial charge in [-0.05, 0) is 38.8 Å². The second-order valence-corrected chi connectivity index (χ2v) is 2.97. The number of nitrogens with zero attached hydrogens (tertiary/aromatic N) is 1. The molecule has 0 unspecified atom stereocenters. The Balaban J connectivity index is 0.000000405. The number of hydrogen-bond donors (Lipinski definition) is 0. The van der Waals surface area contributed by atoms with Crippen molar-refractivity contribution < 1.29 is 0 Å². The maximum absolute atomic E-state index is 2.64. The van der Waals surface area contributed by atoms with E-state index in [1.54, 1.807) is 0 Å². The van der Waals surface area contributed by atoms with E-state index >= 15 is 0 Å². The van der Waals surface area contributed by atoms with Gasteiger partial charge in [-0.15, -0.1) is 0 Å². The molecule has 0 aromatic heterocycles. The van der Waals surface area contributed by atoms with Crippen LogP contribution in [0.25, 0.3) is 0 Å². The van der Waals surface area contributed by atoms with Crippen LogP contribution in [-0.4, -0.2) is 83.1 Å². The molecule has 3 heteroatoms. The second kappa shape index (κ2) is 5.58. The molecule has 1 nitrogen and oxygen atoms in total. The van der Waals surface area contributed by atoms with Crippen LogP contribution in [0.15, 0.2) is 0 Å². The predicted octanol–water partition coefficient (Wildman–Crippen LogP) is 0.483. The molecular weight excluding hydrogens is 144 g/mol. The summed E-state index contributed by atoms with van der Waals surface area (Å²) in [4.78, 5) is 2.64. The summed E-state index contributed by atoms with van der Waals surface area (Å²) < 4.78 is 0. The summed E-state index contributed by atoms with van der Waals surface area (Å²) in [5.41, 5.74) is 0. The SMILES string of the molecule is C1CC2CCCN2C1.[Na].[Na]. The van der Waals surface area contributed by atoms with E-state index in [0.29, 0.717) is 0 Å². The van der Waals surface area contributed by atoms with Crippen LogP contribution in [0.5, 0.6) is 0 Å². The summed E-state index contributed by atoms with van der Waals surface area (Å²) in [6.45, 7) is 2.79. The smallest absolute Gasteiger partial charge is 0.00962 e. The Morgan fingerprint density at radius 1 is 0.900 bits per heavy atom. The molecule has 0 aliphatic carbocycles. The van der Waals surface area contributed by atoms with Gasteiger partial charge in [0.2, 0.25) is 0 Å². The van der Waals surface area contributed by atoms with Gasteiger partial charge in [-0.25, -0.2) is 0 Å². The van der Waals surface area contributed by atoms with E-state index < -0.39 is 0 Å². The molecule has 0 saturated carbocycles. The van der Waals surface area contributed by atoms with Gasteiger partial charge in [-0.2, -0.15) is 0 Å². The van der Waals surface area contributed by atoms with E-state index in [4.69, 9.17) is 0 Å². The topological polar surface area (TPSA) is 3.24 Å². The Hall–Kier alpha value is 1.96. The molecule has 0 amide bonds. The average molecular weight is 157 g/mol. The molecule has 0 aromatic carbocycles. The Kier molecular flexibility index (Phi) is 6.67. The van der Waals surface area contributed by atoms with Crippen molar-refractivity contribution in [3.8, 4) is 0 Å². The number of rotatable bonds is 0. The van der Waals surface area contributed by atoms with Crippen LogP contribution in [0.3, 0.4) is 0 Å². The first-order valence-corrected chi connectivity index (χ1v) is 3.71. The third-order valence-electron chi connectivity index (χ3n) is 2.48. The molecule has 2 radical (unpaired) electrons. The summed E-state index contributed by atoms with van der Waals surface area (Å²) in [5.74, 6) is 0. The second-order valence-electron chi connectivity index (χ2n) is 2.97. The van der Waals surface area contributed by atoms with Gasteiger partial charge < -0.3 is 4.90 Å². The molecule has 2 aliphatic heterocycles. The molecule has 0 aromatic rings. The van der Waals surface area contributed by atoms with Crippen molar-refractivity contribution >= 4 is 59.1 Å². The van der Waals surface area contributed by atoms with E-state index in [0.717, 1.165) is 6.04 Å². The molecule has 0 bridgehead atoms. The van der Waals surface area contributed by atoms with Crippen LogP contribution < -0.4 is 0 Å². The zero-order chi connectivity index (χ0) is 5.40. The van der Waals surface area contributed by atoms with Gasteiger partial charge in [0.1, 0.15) is 0 Å². The quantitative estimate of drug-likeness (QED) is 0.462. The van der Waals surface area contributed by atoms with Gasteiger partial charge in [-0.1, -0.05) is 0 Å². The molecule has 10 heavy (non-hydrogen) atoms. The molecule has 2 aliphatic rings. The monoisotopic (exact) mass is 157 g/mol. The van der Waals surface area contributed by atoms with Gasteiger partial charge in [-0.3, -0.25) is 0 Å². The molecule has 0 spiro atoms. The van der Waals surface area contributed by atoms with Gasteiger partial charge in [0.15, 0.2) is 0 Å². The van der Waals surface area contributed by atoms with Crippen molar-refractivity contribution in [2.45, 2.75) is 31.7 Å². The summed E-state index contributed by atoms with van der Waals surface area (Å²) in [6.07, 6.45) is 5.90. The maximum atomic E-state index is 2.64. The van der Waals surface area contributed by atoms with Crippen molar-refractivity contribution in [3.63, 3.8) is 0 Å². The van der Waals surface area contributed by atoms with Crippen LogP contribution in [0.2, 0.25) is 0 Å². The van der Waals surface area contributed by atoms with Crippen LogP contribution in [0.1, 0.15) is 25.7 Å². The van der Waals surface area contributed by atoms with E-state index in [1.165, 1.54) is 38.8 Å². The minimum atomic E-state index is 0. The fourth-order valence-electron chi connectivity index (χ4n) is 2.05. The molecule has 2 saturated heterocycles. The standard InChI is InChI=1S/C7H13N.2Na/c1-3-7-4-2-6-8(7)5-1;;/h7H,1-6H2;;. The van der Waals surface area contributed by atoms with Crippen LogP contribution in [0, 0.1) is 0 Å². The largest absolute Gasteiger partial charge is 0.300 e. The third kappa shape index (κ3) is 2.48. The molecular formula is C7H13NNa2. The Labute approximate surface area is 108 Å². The normalized spacial score (nSPS) is 25.2. The van der Waals surface area contributed by atoms with Gasteiger partial charge in [0.05, 0.1) is 0 Å². The number of hydrogen-bond acceptors (Lipinski definition) is 1. The van der Waals surface area contributed by atoms with Crippen molar-refractivity contribution in [2.24, 2.45) is 0 Å². The first-order chi connectivity index (χ1) is 3.97. The third-order valence-corrected chi connectivity index (χ3v) is 2.48. The summed E-state index contributed by atoms with van der Waals surface area (Å²) in [5, 5.41) is 0. The van der Waals surface area contributed by atoms with Crippen LogP contribution >= 0.6 is 0 Å². The van der Waals surface area contributed by atoms with Crippen LogP contribution in [0.4, 0.5) is 0 Å². The summed E-state index contributed by atoms with van der Waals surface area (Å²) >= 11 is 0. The van der Waals surface area contributed by atoms with Crippen molar-refractivity contribution in [2.75, 3.05) is 13.1 Å². The van der Waals surface area contributed by atoms with E-state index in [1.807, 2.05) is 0 Å². The van der Waals surface area contributed by atoms with Gasteiger partial charge >= 0.3 is 0 Å². The van der Waals surface area contributed by atoms with Crippen molar-refractivity contribution in [1.82, 2.24) is 4.90 Å². The van der Waals surface area contributed by atoms with Gasteiger partial charge in [0.25, 0.3) is 0 Å². The van der Waals surface area contributed by atoms with Gasteiger partial charge in [0, 0.05) is 65.2 Å². The summed E-state index contributed by atoms with van der Waals surface area (Å²) in [7, 11) is 0. The van der Waals surface area contributed by atoms with E-state index in [2.05, 4.69) is 4.90 Å². The fourth-order valence-corrected chi connectivity index (χ4v) is 2.05. The average Bonchev–Trinajstić information content (AvgIpc) is 2.15. The molecule has 2 rings (SSSR count). The Bertz CT molecular complexity index is 77.6. The minimum Gasteiger partial charge on any atom is -0.300 e. The zero-order valence-electron chi connectivity index (χ0n) is 7.27. The van der Waals surface area contributed by atoms with Crippen LogP contribution in [-0.2, 0) is 0 Å². The Morgan fingerprint density at radius 2 is 1.40 bits per heavy atom. The first kappa shape index (κ1) is 12.0. The summed E-state index contributed by atoms with van der Waals surface area (Å²) in [6, 6.07) is 1.01. The molecule has 0 atom stereocenters. The molecule has 48 valence electrons. The molecule has 2 heterocycles. The predicted molar refractivity (Wildman–Crippen MR) is 45.3 cm³/mol. The molecule has 0 N–H and O–H groups in total. The van der Waals surface area contributed by atoms with E-state index in [9.17, 15) is 0 Å². The Morgan fingerprint density at radius 3 is 1.80 bits per heavy atom.